The van der Waals surface area contributed by atoms with Crippen molar-refractivity contribution in [3.05, 3.63) is 88.7 Å². The van der Waals surface area contributed by atoms with Gasteiger partial charge in [0.25, 0.3) is 0 Å². The van der Waals surface area contributed by atoms with E-state index in [0.29, 0.717) is 19.3 Å². The van der Waals surface area contributed by atoms with Crippen molar-refractivity contribution in [2.75, 3.05) is 0 Å². The van der Waals surface area contributed by atoms with E-state index in [1.165, 1.54) is 13.0 Å². The van der Waals surface area contributed by atoms with Gasteiger partial charge >= 0.3 is 18.1 Å². The Hall–Kier alpha value is -4.01. The molecule has 2 aromatic rings. The summed E-state index contributed by atoms with van der Waals surface area (Å²) in [5.41, 5.74) is 0.457. The first-order valence-corrected chi connectivity index (χ1v) is 11.2. The number of carbonyl (C=O) groups is 2. The fourth-order valence-electron chi connectivity index (χ4n) is 3.59. The van der Waals surface area contributed by atoms with Gasteiger partial charge in [0.05, 0.1) is 0 Å². The molecule has 6 nitrogen and oxygen atoms in total. The molecule has 0 bridgehead atoms. The molecule has 0 amide bonds. The maximum absolute atomic E-state index is 13.3. The van der Waals surface area contributed by atoms with Gasteiger partial charge in [-0.2, -0.15) is 13.2 Å². The second-order valence-electron chi connectivity index (χ2n) is 8.13. The third-order valence-electron chi connectivity index (χ3n) is 5.37. The molecule has 2 aromatic carbocycles. The van der Waals surface area contributed by atoms with Crippen LogP contribution in [-0.4, -0.2) is 28.3 Å². The summed E-state index contributed by atoms with van der Waals surface area (Å²) in [6, 6.07) is 9.95. The molecule has 0 spiro atoms. The summed E-state index contributed by atoms with van der Waals surface area (Å²) >= 11 is 0. The fourth-order valence-corrected chi connectivity index (χ4v) is 3.59. The lowest BCUT2D eigenvalue weighted by Crippen LogP contribution is -2.17. The van der Waals surface area contributed by atoms with Crippen molar-refractivity contribution in [2.24, 2.45) is 0 Å². The zero-order valence-electron chi connectivity index (χ0n) is 19.4. The molecule has 0 fully saturated rings. The number of hydrogen-bond donors (Lipinski definition) is 2. The van der Waals surface area contributed by atoms with E-state index in [0.717, 1.165) is 17.7 Å². The number of alkyl halides is 3. The minimum Gasteiger partial charge on any atom is -0.508 e. The number of halogens is 3. The largest absolute Gasteiger partial charge is 0.508 e. The minimum atomic E-state index is -4.77. The van der Waals surface area contributed by atoms with Gasteiger partial charge in [-0.25, -0.2) is 4.79 Å². The highest BCUT2D eigenvalue weighted by atomic mass is 19.4. The third-order valence-corrected chi connectivity index (χ3v) is 5.37. The van der Waals surface area contributed by atoms with Gasteiger partial charge in [0.1, 0.15) is 35.3 Å². The second-order valence-corrected chi connectivity index (χ2v) is 8.13. The van der Waals surface area contributed by atoms with E-state index in [4.69, 9.17) is 9.47 Å². The number of esters is 2. The molecular formula is C27H25F3O6. The molecule has 3 rings (SSSR count). The number of benzene rings is 2. The third kappa shape index (κ3) is 7.24. The predicted molar refractivity (Wildman–Crippen MR) is 126 cm³/mol. The Morgan fingerprint density at radius 2 is 1.78 bits per heavy atom. The Bertz CT molecular complexity index is 1200. The summed E-state index contributed by atoms with van der Waals surface area (Å²) in [5, 5.41) is 20.8. The lowest BCUT2D eigenvalue weighted by atomic mass is 9.98. The van der Waals surface area contributed by atoms with Crippen molar-refractivity contribution >= 4 is 18.0 Å². The summed E-state index contributed by atoms with van der Waals surface area (Å²) in [6.07, 6.45) is 1.89. The smallest absolute Gasteiger partial charge is 0.399 e. The molecule has 2 N–H and O–H groups in total. The Balaban J connectivity index is 2.11. The average molecular weight is 502 g/mol. The topological polar surface area (TPSA) is 93.1 Å². The zero-order valence-corrected chi connectivity index (χ0v) is 19.4. The van der Waals surface area contributed by atoms with Crippen LogP contribution >= 0.6 is 0 Å². The lowest BCUT2D eigenvalue weighted by Gasteiger charge is -2.20. The van der Waals surface area contributed by atoms with Crippen LogP contribution in [0, 0.1) is 6.92 Å². The van der Waals surface area contributed by atoms with Crippen LogP contribution in [0.3, 0.4) is 0 Å². The highest BCUT2D eigenvalue weighted by molar-refractivity contribution is 5.98. The van der Waals surface area contributed by atoms with Crippen LogP contribution in [-0.2, 0) is 14.3 Å². The number of hydrogen-bond acceptors (Lipinski definition) is 6. The Kier molecular flexibility index (Phi) is 8.58. The molecule has 190 valence electrons. The maximum Gasteiger partial charge on any atom is 0.399 e. The Labute approximate surface area is 206 Å². The van der Waals surface area contributed by atoms with Gasteiger partial charge in [-0.15, -0.1) is 0 Å². The number of fused-ring (bicyclic) bond motifs is 1. The molecule has 1 aliphatic rings. The average Bonchev–Trinajstić information content (AvgIpc) is 2.79. The Morgan fingerprint density at radius 3 is 2.47 bits per heavy atom. The van der Waals surface area contributed by atoms with E-state index in [1.54, 1.807) is 30.3 Å². The predicted octanol–water partition coefficient (Wildman–Crippen LogP) is 6.44. The molecule has 9 heteroatoms. The SMILES string of the molecule is Cc1c(O)cc(O)c2c1/C=C(OC(=O)CC(F)(F)F)/C=C/CC/C=C/CC(c1ccccc1)OC2=O. The molecule has 0 aliphatic carbocycles. The monoisotopic (exact) mass is 502 g/mol. The van der Waals surface area contributed by atoms with Crippen molar-refractivity contribution in [3.8, 4) is 11.5 Å². The Morgan fingerprint density at radius 1 is 1.08 bits per heavy atom. The molecule has 1 aliphatic heterocycles. The highest BCUT2D eigenvalue weighted by Crippen LogP contribution is 2.36. The van der Waals surface area contributed by atoms with Crippen LogP contribution < -0.4 is 0 Å². The van der Waals surface area contributed by atoms with E-state index in [1.807, 2.05) is 18.2 Å². The summed E-state index contributed by atoms with van der Waals surface area (Å²) < 4.78 is 48.7. The fraction of sp³-hybridized carbons (Fsp3) is 0.259. The van der Waals surface area contributed by atoms with E-state index in [-0.39, 0.29) is 28.2 Å². The highest BCUT2D eigenvalue weighted by Gasteiger charge is 2.33. The first-order valence-electron chi connectivity index (χ1n) is 11.2. The second kappa shape index (κ2) is 11.6. The molecule has 1 atom stereocenters. The number of cyclic esters (lactones) is 1. The van der Waals surface area contributed by atoms with Crippen LogP contribution in [0.5, 0.6) is 11.5 Å². The van der Waals surface area contributed by atoms with Crippen molar-refractivity contribution in [1.29, 1.82) is 0 Å². The normalized spacial score (nSPS) is 20.2. The van der Waals surface area contributed by atoms with Crippen LogP contribution in [0.25, 0.3) is 6.08 Å². The minimum absolute atomic E-state index is 0.0589. The van der Waals surface area contributed by atoms with E-state index in [2.05, 4.69) is 0 Å². The standard InChI is InChI=1S/C27H25F3O6/c1-17-20-14-19(35-24(33)16-27(28,29)30)12-8-3-2-4-9-13-23(18-10-6-5-7-11-18)36-26(34)25(20)22(32)15-21(17)31/h4-12,14-15,23,31-32H,2-3,13,16H2,1H3/b9-4+,12-8+,19-14-. The molecule has 36 heavy (non-hydrogen) atoms. The molecule has 0 aromatic heterocycles. The zero-order chi connectivity index (χ0) is 26.3. The molecule has 0 saturated carbocycles. The number of rotatable bonds is 3. The summed E-state index contributed by atoms with van der Waals surface area (Å²) in [7, 11) is 0. The molecule has 0 radical (unpaired) electrons. The first-order chi connectivity index (χ1) is 17.0. The van der Waals surface area contributed by atoms with Gasteiger partial charge in [0.15, 0.2) is 0 Å². The number of carbonyl (C=O) groups excluding carboxylic acids is 2. The van der Waals surface area contributed by atoms with Crippen molar-refractivity contribution in [3.63, 3.8) is 0 Å². The van der Waals surface area contributed by atoms with Crippen molar-refractivity contribution < 1.29 is 42.4 Å². The van der Waals surface area contributed by atoms with Gasteiger partial charge in [0.2, 0.25) is 0 Å². The number of phenolic OH excluding ortho intramolecular Hbond substituents is 2. The lowest BCUT2D eigenvalue weighted by molar-refractivity contribution is -0.167. The quantitative estimate of drug-likeness (QED) is 0.371. The molecule has 1 heterocycles. The van der Waals surface area contributed by atoms with E-state index < -0.39 is 36.4 Å². The number of ether oxygens (including phenoxy) is 2. The summed E-state index contributed by atoms with van der Waals surface area (Å²) in [5.74, 6) is -3.74. The van der Waals surface area contributed by atoms with Crippen LogP contribution in [0.4, 0.5) is 13.2 Å². The van der Waals surface area contributed by atoms with Gasteiger partial charge in [-0.05, 0) is 43.0 Å². The van der Waals surface area contributed by atoms with Crippen molar-refractivity contribution in [1.82, 2.24) is 0 Å². The number of aromatic hydroxyl groups is 2. The molecular weight excluding hydrogens is 477 g/mol. The van der Waals surface area contributed by atoms with Crippen LogP contribution in [0.15, 0.2) is 66.5 Å². The van der Waals surface area contributed by atoms with Gasteiger partial charge in [-0.1, -0.05) is 48.6 Å². The molecule has 0 saturated heterocycles. The maximum atomic E-state index is 13.3. The van der Waals surface area contributed by atoms with Crippen LogP contribution in [0.2, 0.25) is 0 Å². The van der Waals surface area contributed by atoms with E-state index >= 15 is 0 Å². The van der Waals surface area contributed by atoms with E-state index in [9.17, 15) is 33.0 Å². The van der Waals surface area contributed by atoms with Crippen LogP contribution in [0.1, 0.15) is 58.8 Å². The van der Waals surface area contributed by atoms with Gasteiger partial charge in [-0.3, -0.25) is 4.79 Å². The summed E-state index contributed by atoms with van der Waals surface area (Å²) in [4.78, 5) is 25.1. The first kappa shape index (κ1) is 26.6. The number of allylic oxidation sites excluding steroid dienone is 3. The van der Waals surface area contributed by atoms with Crippen molar-refractivity contribution in [2.45, 2.75) is 44.9 Å². The van der Waals surface area contributed by atoms with Gasteiger partial charge < -0.3 is 19.7 Å². The summed E-state index contributed by atoms with van der Waals surface area (Å²) in [6.45, 7) is 1.44. The molecule has 1 unspecified atom stereocenters. The van der Waals surface area contributed by atoms with Gasteiger partial charge in [0, 0.05) is 18.1 Å². The number of phenols is 2.